The van der Waals surface area contributed by atoms with E-state index in [9.17, 15) is 25.1 Å². The van der Waals surface area contributed by atoms with Crippen LogP contribution in [0, 0.1) is 25.2 Å². The minimum atomic E-state index is -1.25. The number of hydrogen-bond donors (Lipinski definition) is 3. The number of furan rings is 1. The van der Waals surface area contributed by atoms with Gasteiger partial charge in [-0.2, -0.15) is 5.26 Å². The second kappa shape index (κ2) is 7.89. The molecule has 0 radical (unpaired) electrons. The molecule has 3 N–H and O–H groups in total. The minimum Gasteiger partial charge on any atom is -0.478 e. The molecule has 158 valence electrons. The van der Waals surface area contributed by atoms with Gasteiger partial charge in [0.2, 0.25) is 0 Å². The van der Waals surface area contributed by atoms with Crippen LogP contribution in [0.15, 0.2) is 46.9 Å². The number of benzene rings is 2. The molecule has 0 aliphatic carbocycles. The van der Waals surface area contributed by atoms with Crippen LogP contribution in [-0.2, 0) is 0 Å². The Morgan fingerprint density at radius 1 is 1.03 bits per heavy atom. The number of carboxylic acid groups (broad SMARTS) is 2. The molecule has 0 aliphatic heterocycles. The lowest BCUT2D eigenvalue weighted by Crippen LogP contribution is -2.02. The first kappa shape index (κ1) is 20.6. The van der Waals surface area contributed by atoms with E-state index < -0.39 is 11.9 Å². The van der Waals surface area contributed by atoms with Crippen molar-refractivity contribution < 1.29 is 24.2 Å². The first-order chi connectivity index (χ1) is 15.2. The van der Waals surface area contributed by atoms with Gasteiger partial charge in [-0.3, -0.25) is 0 Å². The topological polar surface area (TPSA) is 140 Å². The Labute approximate surface area is 182 Å². The van der Waals surface area contributed by atoms with Crippen molar-refractivity contribution in [1.82, 2.24) is 9.97 Å². The second-order valence-corrected chi connectivity index (χ2v) is 7.32. The molecule has 0 fully saturated rings. The molecule has 2 aromatic heterocycles. The molecule has 0 saturated carbocycles. The number of carbonyl (C=O) groups is 2. The third kappa shape index (κ3) is 3.87. The van der Waals surface area contributed by atoms with Gasteiger partial charge in [-0.1, -0.05) is 0 Å². The molecular weight excluding hydrogens is 410 g/mol. The van der Waals surface area contributed by atoms with E-state index >= 15 is 0 Å². The Morgan fingerprint density at radius 2 is 1.69 bits per heavy atom. The van der Waals surface area contributed by atoms with Gasteiger partial charge < -0.3 is 19.6 Å². The molecule has 8 heteroatoms. The highest BCUT2D eigenvalue weighted by atomic mass is 16.4. The van der Waals surface area contributed by atoms with Crippen molar-refractivity contribution in [3.63, 3.8) is 0 Å². The van der Waals surface area contributed by atoms with Gasteiger partial charge in [0.25, 0.3) is 0 Å². The van der Waals surface area contributed by atoms with Crippen LogP contribution < -0.4 is 0 Å². The van der Waals surface area contributed by atoms with Gasteiger partial charge in [-0.15, -0.1) is 0 Å². The van der Waals surface area contributed by atoms with Gasteiger partial charge in [-0.25, -0.2) is 14.6 Å². The van der Waals surface area contributed by atoms with Crippen LogP contribution in [0.4, 0.5) is 0 Å². The van der Waals surface area contributed by atoms with Crippen LogP contribution in [0.25, 0.3) is 34.0 Å². The highest BCUT2D eigenvalue weighted by Gasteiger charge is 2.15. The van der Waals surface area contributed by atoms with E-state index in [1.807, 2.05) is 26.0 Å². The molecular formula is C24H17N3O5. The van der Waals surface area contributed by atoms with Crippen LogP contribution in [-0.4, -0.2) is 32.1 Å². The van der Waals surface area contributed by atoms with Crippen LogP contribution in [0.5, 0.6) is 0 Å². The maximum Gasteiger partial charge on any atom is 0.335 e. The summed E-state index contributed by atoms with van der Waals surface area (Å²) in [6, 6.07) is 12.9. The average molecular weight is 427 g/mol. The van der Waals surface area contributed by atoms with Gasteiger partial charge in [0.1, 0.15) is 23.4 Å². The average Bonchev–Trinajstić information content (AvgIpc) is 3.38. The number of H-pyrrole nitrogens is 1. The van der Waals surface area contributed by atoms with Gasteiger partial charge in [0.15, 0.2) is 0 Å². The number of rotatable bonds is 5. The highest BCUT2D eigenvalue weighted by molar-refractivity contribution is 5.96. The second-order valence-electron chi connectivity index (χ2n) is 7.32. The van der Waals surface area contributed by atoms with Crippen molar-refractivity contribution in [2.24, 2.45) is 0 Å². The quantitative estimate of drug-likeness (QED) is 0.385. The number of aryl methyl sites for hydroxylation is 2. The molecule has 8 nitrogen and oxygen atoms in total. The molecule has 0 bridgehead atoms. The van der Waals surface area contributed by atoms with Gasteiger partial charge in [-0.05, 0) is 67.4 Å². The number of fused-ring (bicyclic) bond motifs is 1. The Morgan fingerprint density at radius 3 is 2.31 bits per heavy atom. The van der Waals surface area contributed by atoms with Gasteiger partial charge in [0, 0.05) is 11.6 Å². The lowest BCUT2D eigenvalue weighted by molar-refractivity contribution is 0.0696. The molecule has 0 aliphatic rings. The lowest BCUT2D eigenvalue weighted by Gasteiger charge is -2.03. The van der Waals surface area contributed by atoms with Crippen LogP contribution in [0.2, 0.25) is 0 Å². The number of aromatic nitrogens is 2. The van der Waals surface area contributed by atoms with Crippen molar-refractivity contribution in [2.75, 3.05) is 0 Å². The van der Waals surface area contributed by atoms with Crippen molar-refractivity contribution in [1.29, 1.82) is 5.26 Å². The Kier molecular flexibility index (Phi) is 5.08. The number of allylic oxidation sites excluding steroid dienone is 1. The van der Waals surface area contributed by atoms with E-state index in [4.69, 9.17) is 4.42 Å². The molecule has 0 atom stereocenters. The maximum atomic E-state index is 11.3. The van der Waals surface area contributed by atoms with E-state index in [1.165, 1.54) is 18.2 Å². The lowest BCUT2D eigenvalue weighted by atomic mass is 10.0. The summed E-state index contributed by atoms with van der Waals surface area (Å²) in [6.07, 6.45) is 1.51. The summed E-state index contributed by atoms with van der Waals surface area (Å²) in [5, 5.41) is 28.2. The van der Waals surface area contributed by atoms with Crippen LogP contribution in [0.3, 0.4) is 0 Å². The van der Waals surface area contributed by atoms with E-state index in [0.717, 1.165) is 28.2 Å². The zero-order valence-corrected chi connectivity index (χ0v) is 17.1. The summed E-state index contributed by atoms with van der Waals surface area (Å²) < 4.78 is 5.75. The molecule has 32 heavy (non-hydrogen) atoms. The minimum absolute atomic E-state index is 0.168. The van der Waals surface area contributed by atoms with E-state index in [-0.39, 0.29) is 22.5 Å². The van der Waals surface area contributed by atoms with Crippen LogP contribution in [0.1, 0.15) is 43.4 Å². The summed E-state index contributed by atoms with van der Waals surface area (Å²) in [5.41, 5.74) is 3.98. The molecule has 2 aromatic carbocycles. The largest absolute Gasteiger partial charge is 0.478 e. The standard InChI is InChI=1S/C24H17N3O5/c1-12-5-19-20(6-13(12)2)27-22(26-19)17(11-25)10-18-3-4-21(32-18)14-7-15(23(28)29)9-16(8-14)24(30)31/h3-10H,1-2H3,(H,26,27)(H,28,29)(H,30,31). The zero-order chi connectivity index (χ0) is 23.0. The van der Waals surface area contributed by atoms with E-state index in [2.05, 4.69) is 16.0 Å². The third-order valence-corrected chi connectivity index (χ3v) is 5.10. The number of hydrogen-bond acceptors (Lipinski definition) is 5. The Bertz CT molecular complexity index is 1400. The van der Waals surface area contributed by atoms with E-state index in [1.54, 1.807) is 12.1 Å². The summed E-state index contributed by atoms with van der Waals surface area (Å²) in [6.45, 7) is 3.99. The molecule has 0 spiro atoms. The normalized spacial score (nSPS) is 11.5. The first-order valence-electron chi connectivity index (χ1n) is 9.56. The van der Waals surface area contributed by atoms with Crippen molar-refractivity contribution in [3.8, 4) is 17.4 Å². The predicted octanol–water partition coefficient (Wildman–Crippen LogP) is 4.90. The molecule has 0 amide bonds. The van der Waals surface area contributed by atoms with Crippen LogP contribution >= 0.6 is 0 Å². The number of aromatic carboxylic acids is 2. The molecule has 2 heterocycles. The fraction of sp³-hybridized carbons (Fsp3) is 0.0833. The maximum absolute atomic E-state index is 11.3. The monoisotopic (exact) mass is 427 g/mol. The number of aromatic amines is 1. The van der Waals surface area contributed by atoms with Gasteiger partial charge >= 0.3 is 11.9 Å². The number of carboxylic acids is 2. The molecule has 4 aromatic rings. The zero-order valence-electron chi connectivity index (χ0n) is 17.1. The number of imidazole rings is 1. The number of nitriles is 1. The summed E-state index contributed by atoms with van der Waals surface area (Å²) >= 11 is 0. The molecule has 4 rings (SSSR count). The van der Waals surface area contributed by atoms with Gasteiger partial charge in [0.05, 0.1) is 27.7 Å². The number of nitrogens with zero attached hydrogens (tertiary/aromatic N) is 2. The van der Waals surface area contributed by atoms with Crippen molar-refractivity contribution in [2.45, 2.75) is 13.8 Å². The molecule has 0 saturated heterocycles. The predicted molar refractivity (Wildman–Crippen MR) is 117 cm³/mol. The summed E-state index contributed by atoms with van der Waals surface area (Å²) in [4.78, 5) is 30.3. The van der Waals surface area contributed by atoms with E-state index in [0.29, 0.717) is 17.1 Å². The van der Waals surface area contributed by atoms with Crippen molar-refractivity contribution >= 4 is 34.6 Å². The Balaban J connectivity index is 1.73. The first-order valence-corrected chi connectivity index (χ1v) is 9.56. The SMILES string of the molecule is Cc1cc2nc(C(C#N)=Cc3ccc(-c4cc(C(=O)O)cc(C(=O)O)c4)o3)[nH]c2cc1C. The highest BCUT2D eigenvalue weighted by Crippen LogP contribution is 2.28. The fourth-order valence-corrected chi connectivity index (χ4v) is 3.30. The number of nitrogens with one attached hydrogen (secondary N) is 1. The Hall–Kier alpha value is -4.64. The molecule has 0 unspecified atom stereocenters. The van der Waals surface area contributed by atoms with Crippen molar-refractivity contribution in [3.05, 3.63) is 76.3 Å². The third-order valence-electron chi connectivity index (χ3n) is 5.10. The summed E-state index contributed by atoms with van der Waals surface area (Å²) in [5.74, 6) is -1.49. The smallest absolute Gasteiger partial charge is 0.335 e. The summed E-state index contributed by atoms with van der Waals surface area (Å²) in [7, 11) is 0. The fourth-order valence-electron chi connectivity index (χ4n) is 3.30.